The van der Waals surface area contributed by atoms with Gasteiger partial charge in [0.25, 0.3) is 5.91 Å². The van der Waals surface area contributed by atoms with Gasteiger partial charge in [-0.1, -0.05) is 57.2 Å². The molecule has 3 aromatic carbocycles. The summed E-state index contributed by atoms with van der Waals surface area (Å²) in [6.45, 7) is 11.8. The minimum Gasteiger partial charge on any atom is -0.492 e. The molecule has 0 saturated carbocycles. The van der Waals surface area contributed by atoms with Crippen molar-refractivity contribution >= 4 is 29.5 Å². The first-order chi connectivity index (χ1) is 31.4. The fourth-order valence-electron chi connectivity index (χ4n) is 7.82. The van der Waals surface area contributed by atoms with Crippen LogP contribution in [-0.2, 0) is 31.0 Å². The van der Waals surface area contributed by atoms with Gasteiger partial charge >= 0.3 is 0 Å². The van der Waals surface area contributed by atoms with Crippen LogP contribution in [0.4, 0.5) is 0 Å². The van der Waals surface area contributed by atoms with Crippen molar-refractivity contribution < 1.29 is 33.4 Å². The highest BCUT2D eigenvalue weighted by molar-refractivity contribution is 6.01. The Morgan fingerprint density at radius 3 is 2.12 bits per heavy atom. The van der Waals surface area contributed by atoms with Gasteiger partial charge in [0.05, 0.1) is 23.0 Å². The van der Waals surface area contributed by atoms with Crippen LogP contribution in [0.1, 0.15) is 78.5 Å². The van der Waals surface area contributed by atoms with Crippen LogP contribution in [0, 0.1) is 25.2 Å². The number of nitrogens with zero attached hydrogens (tertiary/aromatic N) is 3. The third kappa shape index (κ3) is 12.1. The van der Waals surface area contributed by atoms with Gasteiger partial charge in [0.1, 0.15) is 55.4 Å². The highest BCUT2D eigenvalue weighted by Gasteiger charge is 2.36. The molecule has 5 rings (SSSR count). The molecule has 1 aliphatic rings. The third-order valence-electron chi connectivity index (χ3n) is 11.3. The quantitative estimate of drug-likeness (QED) is 0.0850. The Kier molecular flexibility index (Phi) is 17.0. The van der Waals surface area contributed by atoms with E-state index in [0.29, 0.717) is 56.3 Å². The first kappa shape index (κ1) is 50.1. The van der Waals surface area contributed by atoms with E-state index in [1.165, 1.54) is 24.4 Å². The van der Waals surface area contributed by atoms with Gasteiger partial charge in [-0.05, 0) is 91.7 Å². The van der Waals surface area contributed by atoms with E-state index >= 15 is 0 Å². The molecule has 1 aliphatic heterocycles. The molecule has 0 radical (unpaired) electrons. The van der Waals surface area contributed by atoms with Crippen LogP contribution < -0.4 is 47.9 Å². The van der Waals surface area contributed by atoms with Crippen molar-refractivity contribution in [2.24, 2.45) is 17.2 Å². The van der Waals surface area contributed by atoms with Gasteiger partial charge in [0.15, 0.2) is 0 Å². The van der Waals surface area contributed by atoms with E-state index < -0.39 is 53.7 Å². The number of benzene rings is 3. The second-order valence-corrected chi connectivity index (χ2v) is 17.3. The predicted molar refractivity (Wildman–Crippen MR) is 251 cm³/mol. The van der Waals surface area contributed by atoms with Crippen molar-refractivity contribution in [2.45, 2.75) is 84.0 Å². The number of hydrogen-bond acceptors (Lipinski definition) is 12. The number of pyridine rings is 1. The van der Waals surface area contributed by atoms with Gasteiger partial charge < -0.3 is 52.8 Å². The number of amides is 5. The zero-order valence-corrected chi connectivity index (χ0v) is 38.7. The number of rotatable bonds is 15. The second kappa shape index (κ2) is 22.4. The second-order valence-electron chi connectivity index (χ2n) is 17.3. The van der Waals surface area contributed by atoms with Crippen LogP contribution in [0.15, 0.2) is 66.7 Å². The topological polar surface area (TPSA) is 270 Å². The lowest BCUT2D eigenvalue weighted by atomic mass is 9.86. The first-order valence-corrected chi connectivity index (χ1v) is 22.0. The summed E-state index contributed by atoms with van der Waals surface area (Å²) in [4.78, 5) is 76.6. The average Bonchev–Trinajstić information content (AvgIpc) is 3.28. The van der Waals surface area contributed by atoms with Gasteiger partial charge in [-0.25, -0.2) is 0 Å². The molecule has 10 N–H and O–H groups in total. The molecule has 350 valence electrons. The summed E-state index contributed by atoms with van der Waals surface area (Å²) in [7, 11) is 1.43. The van der Waals surface area contributed by atoms with Gasteiger partial charge in [0, 0.05) is 43.2 Å². The van der Waals surface area contributed by atoms with Crippen molar-refractivity contribution in [2.75, 3.05) is 46.4 Å². The number of nitrogens with two attached hydrogens (primary N) is 3. The summed E-state index contributed by atoms with van der Waals surface area (Å²) in [5.74, 6) is -2.46. The van der Waals surface area contributed by atoms with E-state index in [0.717, 1.165) is 5.56 Å². The van der Waals surface area contributed by atoms with Crippen LogP contribution in [-0.4, -0.2) is 104 Å². The van der Waals surface area contributed by atoms with E-state index in [-0.39, 0.29) is 57.6 Å². The fourth-order valence-corrected chi connectivity index (χ4v) is 7.82. The van der Waals surface area contributed by atoms with E-state index in [9.17, 15) is 29.2 Å². The zero-order valence-electron chi connectivity index (χ0n) is 38.7. The van der Waals surface area contributed by atoms with Crippen LogP contribution in [0.25, 0.3) is 22.4 Å². The number of hydrogen-bond donors (Lipinski definition) is 7. The average molecular weight is 903 g/mol. The van der Waals surface area contributed by atoms with Crippen molar-refractivity contribution in [3.05, 3.63) is 100 Å². The Bertz CT molecular complexity index is 2440. The summed E-state index contributed by atoms with van der Waals surface area (Å²) in [6, 6.07) is 17.1. The molecular weight excluding hydrogens is 841 g/mol. The van der Waals surface area contributed by atoms with Crippen molar-refractivity contribution in [1.82, 2.24) is 31.2 Å². The molecule has 2 heterocycles. The first-order valence-electron chi connectivity index (χ1n) is 22.0. The molecule has 0 saturated heterocycles. The Balaban J connectivity index is 1.57. The summed E-state index contributed by atoms with van der Waals surface area (Å²) in [6.07, 6.45) is 0.0259. The largest absolute Gasteiger partial charge is 0.492 e. The maximum absolute atomic E-state index is 14.7. The van der Waals surface area contributed by atoms with Crippen LogP contribution >= 0.6 is 0 Å². The SMILES string of the molecule is Cc1cc(-c2ccc(C(C)(C)C)cc2)nc(C)c1C(=O)N[C@@H](CCN)C(=O)N(C)[C@@H]1C(=O)N[C@@H](C)C(=O)N[C@H](C(=O)NCC#N)Cc2ccc(OCCN)c(c2)-c2cc1ccc2OCCN. The third-order valence-corrected chi connectivity index (χ3v) is 11.3. The number of fused-ring (bicyclic) bond motifs is 5. The van der Waals surface area contributed by atoms with Gasteiger partial charge in [0.2, 0.25) is 23.6 Å². The minimum absolute atomic E-state index is 0.00530. The molecule has 4 bridgehead atoms. The highest BCUT2D eigenvalue weighted by atomic mass is 16.5. The molecule has 17 heteroatoms. The number of likely N-dealkylation sites (N-methyl/N-ethyl adjacent to an activating group) is 1. The fraction of sp³-hybridized carbons (Fsp3) is 0.408. The summed E-state index contributed by atoms with van der Waals surface area (Å²) < 4.78 is 12.2. The smallest absolute Gasteiger partial charge is 0.254 e. The zero-order chi connectivity index (χ0) is 48.3. The molecule has 17 nitrogen and oxygen atoms in total. The Hall–Kier alpha value is -6.87. The van der Waals surface area contributed by atoms with Crippen molar-refractivity contribution in [3.63, 3.8) is 0 Å². The van der Waals surface area contributed by atoms with E-state index in [4.69, 9.17) is 31.7 Å². The summed E-state index contributed by atoms with van der Waals surface area (Å²) in [5.41, 5.74) is 23.8. The molecule has 66 heavy (non-hydrogen) atoms. The van der Waals surface area contributed by atoms with Crippen LogP contribution in [0.5, 0.6) is 11.5 Å². The van der Waals surface area contributed by atoms with Crippen LogP contribution in [0.2, 0.25) is 0 Å². The van der Waals surface area contributed by atoms with Crippen molar-refractivity contribution in [3.8, 4) is 40.0 Å². The number of carbonyl (C=O) groups excluding carboxylic acids is 5. The predicted octanol–water partition coefficient (Wildman–Crippen LogP) is 2.84. The summed E-state index contributed by atoms with van der Waals surface area (Å²) >= 11 is 0. The molecule has 1 aromatic heterocycles. The molecule has 0 unspecified atom stereocenters. The maximum Gasteiger partial charge on any atom is 0.254 e. The number of nitrogens with one attached hydrogen (secondary N) is 4. The maximum atomic E-state index is 14.7. The number of aryl methyl sites for hydroxylation is 2. The van der Waals surface area contributed by atoms with E-state index in [1.54, 1.807) is 50.2 Å². The molecule has 5 amide bonds. The lowest BCUT2D eigenvalue weighted by molar-refractivity contribution is -0.141. The molecule has 0 fully saturated rings. The van der Waals surface area contributed by atoms with Gasteiger partial charge in [-0.2, -0.15) is 5.26 Å². The number of nitriles is 1. The Labute approximate surface area is 386 Å². The van der Waals surface area contributed by atoms with Crippen molar-refractivity contribution in [1.29, 1.82) is 5.26 Å². The van der Waals surface area contributed by atoms with Gasteiger partial charge in [-0.15, -0.1) is 0 Å². The lowest BCUT2D eigenvalue weighted by Crippen LogP contribution is -2.56. The summed E-state index contributed by atoms with van der Waals surface area (Å²) in [5, 5.41) is 20.0. The standard InChI is InChI=1S/C49H62N10O7/c1-28-24-38(32-9-12-34(13-10-32)49(4,5)6)55-29(2)42(28)46(62)57-37(16-17-50)48(64)59(7)43-33-11-15-41(66-23-20-53)36(27-33)35-25-31(8-14-40(35)65-22-19-52)26-39(45(61)54-21-18-51)58-44(60)30(3)56-47(43)63/h8-15,24-25,27,30,37,39,43H,16-17,19-23,26,50,52-53H2,1-7H3,(H,54,61)(H,56,63)(H,57,62)(H,58,60)/t30-,37-,39-,43-/m0/s1. The molecule has 4 aromatic rings. The molecule has 4 atom stereocenters. The monoisotopic (exact) mass is 902 g/mol. The normalized spacial score (nSPS) is 16.7. The highest BCUT2D eigenvalue weighted by Crippen LogP contribution is 2.40. The lowest BCUT2D eigenvalue weighted by Gasteiger charge is -2.32. The Morgan fingerprint density at radius 2 is 1.53 bits per heavy atom. The Morgan fingerprint density at radius 1 is 0.894 bits per heavy atom. The number of carbonyl (C=O) groups is 5. The molecule has 0 aliphatic carbocycles. The van der Waals surface area contributed by atoms with Gasteiger partial charge in [-0.3, -0.25) is 29.0 Å². The van der Waals surface area contributed by atoms with E-state index in [2.05, 4.69) is 54.2 Å². The minimum atomic E-state index is -1.39. The van der Waals surface area contributed by atoms with Crippen LogP contribution in [0.3, 0.4) is 0 Å². The molecule has 0 spiro atoms. The molecular formula is C49H62N10O7. The number of ether oxygens (including phenoxy) is 2. The van der Waals surface area contributed by atoms with E-state index in [1.807, 2.05) is 24.3 Å². The number of aromatic nitrogens is 1.